The van der Waals surface area contributed by atoms with E-state index in [9.17, 15) is 0 Å². The van der Waals surface area contributed by atoms with Gasteiger partial charge in [0, 0.05) is 38.4 Å². The van der Waals surface area contributed by atoms with E-state index in [0.29, 0.717) is 6.04 Å². The van der Waals surface area contributed by atoms with E-state index in [0.717, 1.165) is 74.4 Å². The molecule has 2 N–H and O–H groups in total. The fourth-order valence-electron chi connectivity index (χ4n) is 3.63. The lowest BCUT2D eigenvalue weighted by atomic mass is 10.2. The van der Waals surface area contributed by atoms with Crippen molar-refractivity contribution in [1.29, 1.82) is 0 Å². The lowest BCUT2D eigenvalue weighted by Gasteiger charge is -2.27. The number of aromatic amines is 1. The molecule has 10 heteroatoms. The maximum Gasteiger partial charge on any atom is 0.227 e. The summed E-state index contributed by atoms with van der Waals surface area (Å²) < 4.78 is 5.40. The maximum absolute atomic E-state index is 5.40. The molecule has 0 saturated carbocycles. The number of hydrogen-bond donors (Lipinski definition) is 2. The van der Waals surface area contributed by atoms with Crippen molar-refractivity contribution < 1.29 is 4.74 Å². The fraction of sp³-hybridized carbons (Fsp3) is 0.471. The molecule has 0 radical (unpaired) electrons. The van der Waals surface area contributed by atoms with E-state index in [1.165, 1.54) is 0 Å². The Balaban J connectivity index is 1.28. The Morgan fingerprint density at radius 3 is 2.96 bits per heavy atom. The van der Waals surface area contributed by atoms with E-state index in [-0.39, 0.29) is 0 Å². The largest absolute Gasteiger partial charge is 0.378 e. The minimum absolute atomic E-state index is 0.300. The zero-order valence-electron chi connectivity index (χ0n) is 14.9. The Morgan fingerprint density at radius 1 is 1.11 bits per heavy atom. The summed E-state index contributed by atoms with van der Waals surface area (Å²) in [5, 5.41) is 11.5. The summed E-state index contributed by atoms with van der Waals surface area (Å²) in [5.41, 5.74) is 0.766. The predicted molar refractivity (Wildman–Crippen MR) is 101 cm³/mol. The number of rotatable bonds is 4. The molecule has 10 nitrogen and oxygen atoms in total. The van der Waals surface area contributed by atoms with Crippen molar-refractivity contribution in [2.24, 2.45) is 0 Å². The Kier molecular flexibility index (Phi) is 4.17. The van der Waals surface area contributed by atoms with Crippen molar-refractivity contribution >= 4 is 28.6 Å². The third-order valence-electron chi connectivity index (χ3n) is 5.00. The molecule has 3 aromatic heterocycles. The molecule has 5 rings (SSSR count). The molecule has 2 saturated heterocycles. The van der Waals surface area contributed by atoms with Crippen LogP contribution in [0.5, 0.6) is 0 Å². The smallest absolute Gasteiger partial charge is 0.227 e. The lowest BCUT2D eigenvalue weighted by Crippen LogP contribution is -2.37. The van der Waals surface area contributed by atoms with Gasteiger partial charge in [0.25, 0.3) is 0 Å². The van der Waals surface area contributed by atoms with Gasteiger partial charge in [-0.3, -0.25) is 5.10 Å². The second-order valence-corrected chi connectivity index (χ2v) is 6.75. The number of morpholine rings is 1. The molecule has 5 heterocycles. The molecule has 0 amide bonds. The molecule has 1 unspecified atom stereocenters. The quantitative estimate of drug-likeness (QED) is 0.688. The van der Waals surface area contributed by atoms with E-state index < -0.39 is 0 Å². The van der Waals surface area contributed by atoms with Gasteiger partial charge >= 0.3 is 0 Å². The number of nitrogens with one attached hydrogen (secondary N) is 2. The van der Waals surface area contributed by atoms with E-state index in [4.69, 9.17) is 4.74 Å². The Hall–Kier alpha value is -3.01. The second-order valence-electron chi connectivity index (χ2n) is 6.75. The molecular formula is C17H21N9O. The second kappa shape index (κ2) is 6.95. The predicted octanol–water partition coefficient (Wildman–Crippen LogP) is 0.670. The van der Waals surface area contributed by atoms with Crippen LogP contribution in [0.1, 0.15) is 6.42 Å². The number of anilines is 3. The summed E-state index contributed by atoms with van der Waals surface area (Å²) in [5.74, 6) is 2.54. The summed E-state index contributed by atoms with van der Waals surface area (Å²) in [7, 11) is 0. The minimum Gasteiger partial charge on any atom is -0.378 e. The SMILES string of the molecule is c1cc(NC2CCN(c3ncnc4[nH]ncc34)C2)nc(N2CCOCC2)n1. The van der Waals surface area contributed by atoms with Gasteiger partial charge in [-0.1, -0.05) is 0 Å². The van der Waals surface area contributed by atoms with Crippen molar-refractivity contribution in [3.8, 4) is 0 Å². The van der Waals surface area contributed by atoms with Crippen molar-refractivity contribution in [3.05, 3.63) is 24.8 Å². The molecular weight excluding hydrogens is 346 g/mol. The van der Waals surface area contributed by atoms with E-state index >= 15 is 0 Å². The average molecular weight is 367 g/mol. The third-order valence-corrected chi connectivity index (χ3v) is 5.00. The number of hydrogen-bond acceptors (Lipinski definition) is 9. The number of nitrogens with zero attached hydrogens (tertiary/aromatic N) is 7. The van der Waals surface area contributed by atoms with Crippen LogP contribution in [0.15, 0.2) is 24.8 Å². The molecule has 1 atom stereocenters. The Labute approximate surface area is 156 Å². The maximum atomic E-state index is 5.40. The highest BCUT2D eigenvalue weighted by Gasteiger charge is 2.26. The molecule has 27 heavy (non-hydrogen) atoms. The molecule has 0 spiro atoms. The van der Waals surface area contributed by atoms with Gasteiger partial charge in [0.1, 0.15) is 18.0 Å². The van der Waals surface area contributed by atoms with Crippen molar-refractivity contribution in [2.45, 2.75) is 12.5 Å². The first kappa shape index (κ1) is 16.2. The standard InChI is InChI=1S/C17H21N9O/c1-3-18-17(25-5-7-27-8-6-25)23-14(1)22-12-2-4-26(10-12)16-13-9-21-24-15(13)19-11-20-16/h1,3,9,11-12H,2,4-8,10H2,(H,18,22,23)(H,19,20,21,24). The highest BCUT2D eigenvalue weighted by Crippen LogP contribution is 2.26. The zero-order valence-corrected chi connectivity index (χ0v) is 14.9. The number of fused-ring (bicyclic) bond motifs is 1. The van der Waals surface area contributed by atoms with Gasteiger partial charge in [0.15, 0.2) is 5.65 Å². The van der Waals surface area contributed by atoms with Crippen LogP contribution in [0.3, 0.4) is 0 Å². The first-order valence-corrected chi connectivity index (χ1v) is 9.18. The Morgan fingerprint density at radius 2 is 2.04 bits per heavy atom. The molecule has 140 valence electrons. The summed E-state index contributed by atoms with van der Waals surface area (Å²) in [6, 6.07) is 2.22. The van der Waals surface area contributed by atoms with Gasteiger partial charge in [-0.25, -0.2) is 15.0 Å². The van der Waals surface area contributed by atoms with Crippen LogP contribution in [0.4, 0.5) is 17.6 Å². The summed E-state index contributed by atoms with van der Waals surface area (Å²) in [6.07, 6.45) is 6.19. The molecule has 3 aromatic rings. The average Bonchev–Trinajstić information content (AvgIpc) is 3.38. The minimum atomic E-state index is 0.300. The molecule has 0 bridgehead atoms. The first-order valence-electron chi connectivity index (χ1n) is 9.18. The number of H-pyrrole nitrogens is 1. The van der Waals surface area contributed by atoms with Crippen LogP contribution in [-0.2, 0) is 4.74 Å². The van der Waals surface area contributed by atoms with Gasteiger partial charge in [0.05, 0.1) is 24.8 Å². The molecule has 0 aromatic carbocycles. The van der Waals surface area contributed by atoms with E-state index in [2.05, 4.69) is 45.2 Å². The summed E-state index contributed by atoms with van der Waals surface area (Å²) in [6.45, 7) is 4.88. The van der Waals surface area contributed by atoms with Crippen LogP contribution in [0.25, 0.3) is 11.0 Å². The van der Waals surface area contributed by atoms with Crippen LogP contribution in [-0.4, -0.2) is 75.6 Å². The van der Waals surface area contributed by atoms with Gasteiger partial charge in [-0.05, 0) is 12.5 Å². The van der Waals surface area contributed by atoms with E-state index in [1.54, 1.807) is 12.5 Å². The van der Waals surface area contributed by atoms with E-state index in [1.807, 2.05) is 12.3 Å². The van der Waals surface area contributed by atoms with Crippen LogP contribution in [0.2, 0.25) is 0 Å². The normalized spacial score (nSPS) is 20.4. The fourth-order valence-corrected chi connectivity index (χ4v) is 3.63. The van der Waals surface area contributed by atoms with Crippen LogP contribution in [0, 0.1) is 0 Å². The van der Waals surface area contributed by atoms with Gasteiger partial charge in [-0.15, -0.1) is 0 Å². The highest BCUT2D eigenvalue weighted by molar-refractivity contribution is 5.86. The molecule has 2 aliphatic heterocycles. The molecule has 2 aliphatic rings. The number of ether oxygens (including phenoxy) is 1. The van der Waals surface area contributed by atoms with Crippen LogP contribution >= 0.6 is 0 Å². The van der Waals surface area contributed by atoms with Crippen molar-refractivity contribution in [3.63, 3.8) is 0 Å². The van der Waals surface area contributed by atoms with Gasteiger partial charge in [-0.2, -0.15) is 10.1 Å². The van der Waals surface area contributed by atoms with Crippen molar-refractivity contribution in [1.82, 2.24) is 30.1 Å². The summed E-state index contributed by atoms with van der Waals surface area (Å²) in [4.78, 5) is 22.2. The van der Waals surface area contributed by atoms with Gasteiger partial charge in [0.2, 0.25) is 5.95 Å². The topological polar surface area (TPSA) is 108 Å². The first-order chi connectivity index (χ1) is 13.4. The van der Waals surface area contributed by atoms with Gasteiger partial charge < -0.3 is 19.9 Å². The summed E-state index contributed by atoms with van der Waals surface area (Å²) >= 11 is 0. The molecule has 2 fully saturated rings. The highest BCUT2D eigenvalue weighted by atomic mass is 16.5. The zero-order chi connectivity index (χ0) is 18.1. The van der Waals surface area contributed by atoms with Crippen molar-refractivity contribution in [2.75, 3.05) is 54.5 Å². The molecule has 0 aliphatic carbocycles. The van der Waals surface area contributed by atoms with Crippen LogP contribution < -0.4 is 15.1 Å². The third kappa shape index (κ3) is 3.23. The monoisotopic (exact) mass is 367 g/mol. The number of aromatic nitrogens is 6. The lowest BCUT2D eigenvalue weighted by molar-refractivity contribution is 0.122. The Bertz CT molecular complexity index is 923.